The second-order valence-electron chi connectivity index (χ2n) is 7.63. The van der Waals surface area contributed by atoms with Gasteiger partial charge in [0.25, 0.3) is 17.5 Å². The van der Waals surface area contributed by atoms with Crippen molar-refractivity contribution in [3.8, 4) is 5.75 Å². The zero-order valence-corrected chi connectivity index (χ0v) is 20.2. The smallest absolute Gasteiger partial charge is 0.270 e. The first-order chi connectivity index (χ1) is 17.3. The molecule has 12 heteroatoms. The number of imide groups is 1. The Labute approximate surface area is 212 Å². The van der Waals surface area contributed by atoms with Crippen LogP contribution in [0.4, 0.5) is 17.1 Å². The number of thiazole rings is 1. The molecule has 0 unspecified atom stereocenters. The van der Waals surface area contributed by atoms with Gasteiger partial charge in [-0.1, -0.05) is 11.8 Å². The standard InChI is InChI=1S/C24H16N4O6S2/c1-34-16-6-2-13(3-7-16)25-21(29)12-35-24-26-19-9-5-14(11-20(19)36-24)27-22(30)17-8-4-15(28(32)33)10-18(17)23(27)31/h2-11H,12H2,1H3,(H,25,29). The van der Waals surface area contributed by atoms with Crippen LogP contribution in [-0.4, -0.2) is 40.5 Å². The van der Waals surface area contributed by atoms with Gasteiger partial charge in [-0.15, -0.1) is 11.3 Å². The molecule has 0 saturated heterocycles. The summed E-state index contributed by atoms with van der Waals surface area (Å²) in [4.78, 5) is 54.0. The first-order valence-electron chi connectivity index (χ1n) is 10.5. The van der Waals surface area contributed by atoms with Crippen molar-refractivity contribution in [1.82, 2.24) is 4.98 Å². The van der Waals surface area contributed by atoms with Crippen LogP contribution in [0.1, 0.15) is 20.7 Å². The largest absolute Gasteiger partial charge is 0.497 e. The quantitative estimate of drug-likeness (QED) is 0.160. The molecule has 36 heavy (non-hydrogen) atoms. The highest BCUT2D eigenvalue weighted by atomic mass is 32.2. The molecule has 3 aromatic carbocycles. The number of amides is 3. The second kappa shape index (κ2) is 9.40. The number of benzene rings is 3. The first kappa shape index (κ1) is 23.5. The molecule has 0 atom stereocenters. The number of non-ortho nitro benzene ring substituents is 1. The van der Waals surface area contributed by atoms with E-state index in [4.69, 9.17) is 4.74 Å². The highest BCUT2D eigenvalue weighted by Gasteiger charge is 2.38. The van der Waals surface area contributed by atoms with Crippen molar-refractivity contribution in [3.05, 3.63) is 81.9 Å². The molecule has 3 amide bonds. The zero-order chi connectivity index (χ0) is 25.4. The van der Waals surface area contributed by atoms with E-state index in [1.807, 2.05) is 0 Å². The molecule has 4 aromatic rings. The van der Waals surface area contributed by atoms with E-state index in [1.54, 1.807) is 49.6 Å². The fraction of sp³-hybridized carbons (Fsp3) is 0.0833. The molecular weight excluding hydrogens is 504 g/mol. The number of methoxy groups -OCH3 is 1. The SMILES string of the molecule is COc1ccc(NC(=O)CSc2nc3ccc(N4C(=O)c5ccc([N+](=O)[O-])cc5C4=O)cc3s2)cc1. The number of nitrogens with one attached hydrogen (secondary N) is 1. The lowest BCUT2D eigenvalue weighted by Gasteiger charge is -2.13. The number of carbonyl (C=O) groups is 3. The molecule has 0 radical (unpaired) electrons. The van der Waals surface area contributed by atoms with Gasteiger partial charge in [-0.2, -0.15) is 0 Å². The molecule has 1 aliphatic heterocycles. The van der Waals surface area contributed by atoms with E-state index in [0.29, 0.717) is 27.0 Å². The molecule has 180 valence electrons. The highest BCUT2D eigenvalue weighted by Crippen LogP contribution is 2.35. The summed E-state index contributed by atoms with van der Waals surface area (Å²) in [5.41, 5.74) is 1.52. The van der Waals surface area contributed by atoms with Gasteiger partial charge in [-0.3, -0.25) is 24.5 Å². The number of anilines is 2. The Bertz CT molecular complexity index is 1550. The third kappa shape index (κ3) is 4.39. The Morgan fingerprint density at radius 1 is 1.08 bits per heavy atom. The van der Waals surface area contributed by atoms with Gasteiger partial charge in [-0.05, 0) is 48.5 Å². The number of nitro groups is 1. The number of thioether (sulfide) groups is 1. The third-order valence-electron chi connectivity index (χ3n) is 5.39. The lowest BCUT2D eigenvalue weighted by atomic mass is 10.1. The number of nitrogens with zero attached hydrogens (tertiary/aromatic N) is 3. The summed E-state index contributed by atoms with van der Waals surface area (Å²) in [6.07, 6.45) is 0. The van der Waals surface area contributed by atoms with E-state index in [1.165, 1.54) is 35.2 Å². The van der Waals surface area contributed by atoms with Gasteiger partial charge in [0, 0.05) is 17.8 Å². The van der Waals surface area contributed by atoms with E-state index in [9.17, 15) is 24.5 Å². The Morgan fingerprint density at radius 2 is 1.83 bits per heavy atom. The van der Waals surface area contributed by atoms with Gasteiger partial charge in [0.05, 0.1) is 44.8 Å². The summed E-state index contributed by atoms with van der Waals surface area (Å²) < 4.78 is 6.49. The van der Waals surface area contributed by atoms with Crippen LogP contribution in [0.2, 0.25) is 0 Å². The Balaban J connectivity index is 1.30. The number of carbonyl (C=O) groups excluding carboxylic acids is 3. The van der Waals surface area contributed by atoms with E-state index in [2.05, 4.69) is 10.3 Å². The number of hydrogen-bond donors (Lipinski definition) is 1. The highest BCUT2D eigenvalue weighted by molar-refractivity contribution is 8.01. The number of hydrogen-bond acceptors (Lipinski definition) is 9. The van der Waals surface area contributed by atoms with E-state index in [-0.39, 0.29) is 28.5 Å². The van der Waals surface area contributed by atoms with E-state index >= 15 is 0 Å². The minimum atomic E-state index is -0.618. The van der Waals surface area contributed by atoms with Crippen LogP contribution in [0.25, 0.3) is 10.2 Å². The van der Waals surface area contributed by atoms with Crippen molar-refractivity contribution in [2.45, 2.75) is 4.34 Å². The molecule has 0 spiro atoms. The number of ether oxygens (including phenoxy) is 1. The van der Waals surface area contributed by atoms with Crippen LogP contribution in [0.5, 0.6) is 5.75 Å². The molecule has 1 aromatic heterocycles. The Morgan fingerprint density at radius 3 is 2.56 bits per heavy atom. The predicted octanol–water partition coefficient (Wildman–Crippen LogP) is 4.74. The average molecular weight is 521 g/mol. The summed E-state index contributed by atoms with van der Waals surface area (Å²) in [5, 5.41) is 13.9. The lowest BCUT2D eigenvalue weighted by Crippen LogP contribution is -2.29. The zero-order valence-electron chi connectivity index (χ0n) is 18.6. The maximum Gasteiger partial charge on any atom is 0.270 e. The fourth-order valence-corrected chi connectivity index (χ4v) is 5.57. The molecule has 0 bridgehead atoms. The molecule has 2 heterocycles. The third-order valence-corrected chi connectivity index (χ3v) is 7.55. The van der Waals surface area contributed by atoms with Gasteiger partial charge in [0.15, 0.2) is 4.34 Å². The molecule has 1 N–H and O–H groups in total. The molecule has 0 aliphatic carbocycles. The van der Waals surface area contributed by atoms with Crippen molar-refractivity contribution in [2.24, 2.45) is 0 Å². The normalized spacial score (nSPS) is 12.6. The minimum Gasteiger partial charge on any atom is -0.497 e. The van der Waals surface area contributed by atoms with Crippen molar-refractivity contribution < 1.29 is 24.0 Å². The number of nitro benzene ring substituents is 1. The van der Waals surface area contributed by atoms with Crippen LogP contribution >= 0.6 is 23.1 Å². The van der Waals surface area contributed by atoms with Crippen LogP contribution in [0, 0.1) is 10.1 Å². The maximum atomic E-state index is 12.9. The van der Waals surface area contributed by atoms with Crippen LogP contribution in [0.15, 0.2) is 65.0 Å². The van der Waals surface area contributed by atoms with Gasteiger partial charge in [0.1, 0.15) is 5.75 Å². The Kier molecular flexibility index (Phi) is 6.12. The van der Waals surface area contributed by atoms with Crippen LogP contribution < -0.4 is 15.0 Å². The van der Waals surface area contributed by atoms with Crippen LogP contribution in [0.3, 0.4) is 0 Å². The average Bonchev–Trinajstić information content (AvgIpc) is 3.40. The first-order valence-corrected chi connectivity index (χ1v) is 12.3. The fourth-order valence-electron chi connectivity index (χ4n) is 3.67. The van der Waals surface area contributed by atoms with E-state index < -0.39 is 16.7 Å². The van der Waals surface area contributed by atoms with Crippen molar-refractivity contribution in [1.29, 1.82) is 0 Å². The number of rotatable bonds is 7. The van der Waals surface area contributed by atoms with E-state index in [0.717, 1.165) is 15.7 Å². The van der Waals surface area contributed by atoms with Crippen molar-refractivity contribution >= 4 is 68.1 Å². The second-order valence-corrected chi connectivity index (χ2v) is 9.88. The maximum absolute atomic E-state index is 12.9. The number of fused-ring (bicyclic) bond motifs is 2. The molecule has 0 saturated carbocycles. The van der Waals surface area contributed by atoms with Gasteiger partial charge in [0.2, 0.25) is 5.91 Å². The topological polar surface area (TPSA) is 132 Å². The molecule has 5 rings (SSSR count). The van der Waals surface area contributed by atoms with Crippen LogP contribution in [-0.2, 0) is 4.79 Å². The molecule has 1 aliphatic rings. The number of aromatic nitrogens is 1. The summed E-state index contributed by atoms with van der Waals surface area (Å²) in [6.45, 7) is 0. The summed E-state index contributed by atoms with van der Waals surface area (Å²) in [6, 6.07) is 15.6. The summed E-state index contributed by atoms with van der Waals surface area (Å²) in [5.74, 6) is -0.509. The Hall–Kier alpha value is -4.29. The van der Waals surface area contributed by atoms with Gasteiger partial charge >= 0.3 is 0 Å². The van der Waals surface area contributed by atoms with Gasteiger partial charge < -0.3 is 10.1 Å². The molecule has 10 nitrogen and oxygen atoms in total. The summed E-state index contributed by atoms with van der Waals surface area (Å²) in [7, 11) is 1.57. The monoisotopic (exact) mass is 520 g/mol. The summed E-state index contributed by atoms with van der Waals surface area (Å²) >= 11 is 2.61. The van der Waals surface area contributed by atoms with Crippen molar-refractivity contribution in [3.63, 3.8) is 0 Å². The minimum absolute atomic E-state index is 0.00211. The molecular formula is C24H16N4O6S2. The predicted molar refractivity (Wildman–Crippen MR) is 136 cm³/mol. The lowest BCUT2D eigenvalue weighted by molar-refractivity contribution is -0.384. The van der Waals surface area contributed by atoms with Gasteiger partial charge in [-0.25, -0.2) is 9.88 Å². The van der Waals surface area contributed by atoms with Crippen molar-refractivity contribution in [2.75, 3.05) is 23.1 Å². The molecule has 0 fully saturated rings.